The van der Waals surface area contributed by atoms with E-state index < -0.39 is 5.97 Å². The van der Waals surface area contributed by atoms with E-state index in [0.717, 1.165) is 16.9 Å². The number of furan rings is 1. The highest BCUT2D eigenvalue weighted by Gasteiger charge is 2.41. The number of hydrogen-bond donors (Lipinski definition) is 3. The van der Waals surface area contributed by atoms with Crippen LogP contribution in [0.5, 0.6) is 0 Å². The quantitative estimate of drug-likeness (QED) is 0.264. The number of aryl methyl sites for hydroxylation is 1. The largest absolute Gasteiger partial charge is 0.478 e. The molecule has 3 N–H and O–H groups in total. The molecule has 1 saturated heterocycles. The molecule has 9 heteroatoms. The van der Waals surface area contributed by atoms with E-state index in [1.807, 2.05) is 66.4 Å². The summed E-state index contributed by atoms with van der Waals surface area (Å²) < 4.78 is 6.27. The van der Waals surface area contributed by atoms with Crippen molar-refractivity contribution in [3.05, 3.63) is 108 Å². The first kappa shape index (κ1) is 25.2. The minimum Gasteiger partial charge on any atom is -0.478 e. The average molecular weight is 527 g/mol. The maximum Gasteiger partial charge on any atom is 0.335 e. The Balaban J connectivity index is 1.41. The third-order valence-corrected chi connectivity index (χ3v) is 6.74. The number of hydrogen-bond acceptors (Lipinski definition) is 5. The van der Waals surface area contributed by atoms with Crippen molar-refractivity contribution < 1.29 is 19.1 Å². The van der Waals surface area contributed by atoms with E-state index in [9.17, 15) is 14.7 Å². The van der Waals surface area contributed by atoms with Gasteiger partial charge in [-0.2, -0.15) is 0 Å². The lowest BCUT2D eigenvalue weighted by Crippen LogP contribution is -2.32. The third-order valence-electron chi connectivity index (χ3n) is 6.39. The fourth-order valence-corrected chi connectivity index (χ4v) is 4.93. The molecule has 5 rings (SSSR count). The van der Waals surface area contributed by atoms with Crippen LogP contribution in [-0.4, -0.2) is 38.5 Å². The van der Waals surface area contributed by atoms with Gasteiger partial charge in [0.05, 0.1) is 17.3 Å². The van der Waals surface area contributed by atoms with Crippen LogP contribution < -0.4 is 10.6 Å². The summed E-state index contributed by atoms with van der Waals surface area (Å²) in [5.74, 6) is 0.0408. The lowest BCUT2D eigenvalue weighted by atomic mass is 10.0. The fourth-order valence-electron chi connectivity index (χ4n) is 4.60. The standard InChI is InChI=1S/C29H26N4O4S/c1-18-6-4-9-21(16-18)31-25(34)13-15-33-27(26(32-29(33)38)22-10-2-3-14-30-22)24-12-11-23(37-24)19-7-5-8-20(17-19)28(35)36/h2-12,14,16-17,26-27H,13,15H2,1H3,(H,31,34)(H,32,38)(H,35,36)/t26-,27-/m0/s1. The number of carbonyl (C=O) groups is 2. The van der Waals surface area contributed by atoms with Gasteiger partial charge in [-0.1, -0.05) is 30.3 Å². The van der Waals surface area contributed by atoms with Crippen molar-refractivity contribution in [3.63, 3.8) is 0 Å². The number of nitrogens with one attached hydrogen (secondary N) is 2. The van der Waals surface area contributed by atoms with Gasteiger partial charge in [-0.3, -0.25) is 9.78 Å². The summed E-state index contributed by atoms with van der Waals surface area (Å²) in [6.45, 7) is 2.34. The molecule has 8 nitrogen and oxygen atoms in total. The molecule has 0 unspecified atom stereocenters. The number of carboxylic acids is 1. The molecule has 1 amide bonds. The summed E-state index contributed by atoms with van der Waals surface area (Å²) in [6.07, 6.45) is 1.94. The average Bonchev–Trinajstić information content (AvgIpc) is 3.52. The minimum atomic E-state index is -1.01. The smallest absolute Gasteiger partial charge is 0.335 e. The molecule has 2 aromatic carbocycles. The van der Waals surface area contributed by atoms with Crippen LogP contribution in [0.3, 0.4) is 0 Å². The lowest BCUT2D eigenvalue weighted by molar-refractivity contribution is -0.116. The summed E-state index contributed by atoms with van der Waals surface area (Å²) in [5.41, 5.74) is 3.44. The number of rotatable bonds is 8. The molecule has 1 fully saturated rings. The SMILES string of the molecule is Cc1cccc(NC(=O)CCN2C(=S)N[C@@H](c3ccccn3)[C@@H]2c2ccc(-c3cccc(C(=O)O)c3)o2)c1. The Morgan fingerprint density at radius 1 is 1.08 bits per heavy atom. The number of amides is 1. The van der Waals surface area contributed by atoms with Gasteiger partial charge >= 0.3 is 5.97 Å². The number of benzene rings is 2. The normalized spacial score (nSPS) is 16.8. The third kappa shape index (κ3) is 5.42. The predicted molar refractivity (Wildman–Crippen MR) is 148 cm³/mol. The second kappa shape index (κ2) is 10.9. The summed E-state index contributed by atoms with van der Waals surface area (Å²) in [7, 11) is 0. The van der Waals surface area contributed by atoms with Crippen LogP contribution in [-0.2, 0) is 4.79 Å². The molecule has 0 bridgehead atoms. The summed E-state index contributed by atoms with van der Waals surface area (Å²) in [4.78, 5) is 30.7. The zero-order valence-electron chi connectivity index (χ0n) is 20.6. The van der Waals surface area contributed by atoms with Gasteiger partial charge in [-0.25, -0.2) is 4.79 Å². The second-order valence-electron chi connectivity index (χ2n) is 9.08. The van der Waals surface area contributed by atoms with Crippen LogP contribution in [0.15, 0.2) is 89.5 Å². The fraction of sp³-hybridized carbons (Fsp3) is 0.172. The van der Waals surface area contributed by atoms with E-state index in [1.54, 1.807) is 24.4 Å². The van der Waals surface area contributed by atoms with Gasteiger partial charge in [0.1, 0.15) is 17.6 Å². The number of thiocarbonyl (C=S) groups is 1. The van der Waals surface area contributed by atoms with Crippen LogP contribution in [0.2, 0.25) is 0 Å². The topological polar surface area (TPSA) is 108 Å². The van der Waals surface area contributed by atoms with Crippen molar-refractivity contribution >= 4 is 34.9 Å². The van der Waals surface area contributed by atoms with Gasteiger partial charge in [0, 0.05) is 30.4 Å². The van der Waals surface area contributed by atoms with Crippen molar-refractivity contribution in [1.82, 2.24) is 15.2 Å². The molecule has 2 aromatic heterocycles. The van der Waals surface area contributed by atoms with Gasteiger partial charge < -0.3 is 25.1 Å². The summed E-state index contributed by atoms with van der Waals surface area (Å²) >= 11 is 5.69. The first-order chi connectivity index (χ1) is 18.4. The number of nitrogens with zero attached hydrogens (tertiary/aromatic N) is 2. The van der Waals surface area contributed by atoms with Crippen molar-refractivity contribution in [3.8, 4) is 11.3 Å². The van der Waals surface area contributed by atoms with Gasteiger partial charge in [0.2, 0.25) is 5.91 Å². The van der Waals surface area contributed by atoms with E-state index in [1.165, 1.54) is 6.07 Å². The van der Waals surface area contributed by atoms with Gasteiger partial charge in [-0.05, 0) is 73.2 Å². The molecule has 0 spiro atoms. The predicted octanol–water partition coefficient (Wildman–Crippen LogP) is 5.35. The Kier molecular flexibility index (Phi) is 7.19. The van der Waals surface area contributed by atoms with Crippen LogP contribution in [0.4, 0.5) is 5.69 Å². The Labute approximate surface area is 225 Å². The molecule has 1 aliphatic heterocycles. The maximum atomic E-state index is 12.8. The zero-order valence-corrected chi connectivity index (χ0v) is 21.4. The van der Waals surface area contributed by atoms with Crippen LogP contribution in [0.1, 0.15) is 45.9 Å². The van der Waals surface area contributed by atoms with Crippen molar-refractivity contribution in [1.29, 1.82) is 0 Å². The molecule has 2 atom stereocenters. The highest BCUT2D eigenvalue weighted by Crippen LogP contribution is 2.40. The monoisotopic (exact) mass is 526 g/mol. The Morgan fingerprint density at radius 3 is 2.68 bits per heavy atom. The van der Waals surface area contributed by atoms with Crippen LogP contribution >= 0.6 is 12.2 Å². The molecule has 0 radical (unpaired) electrons. The minimum absolute atomic E-state index is 0.121. The summed E-state index contributed by atoms with van der Waals surface area (Å²) in [5, 5.41) is 16.2. The molecule has 3 heterocycles. The van der Waals surface area contributed by atoms with Gasteiger partial charge in [0.25, 0.3) is 0 Å². The second-order valence-corrected chi connectivity index (χ2v) is 9.46. The number of pyridine rings is 1. The summed E-state index contributed by atoms with van der Waals surface area (Å²) in [6, 6.07) is 22.9. The molecule has 0 saturated carbocycles. The Morgan fingerprint density at radius 2 is 1.92 bits per heavy atom. The van der Waals surface area contributed by atoms with Crippen molar-refractivity contribution in [2.75, 3.05) is 11.9 Å². The molecular formula is C29H26N4O4S. The van der Waals surface area contributed by atoms with Crippen molar-refractivity contribution in [2.24, 2.45) is 0 Å². The highest BCUT2D eigenvalue weighted by molar-refractivity contribution is 7.80. The molecule has 4 aromatic rings. The molecular weight excluding hydrogens is 500 g/mol. The highest BCUT2D eigenvalue weighted by atomic mass is 32.1. The first-order valence-corrected chi connectivity index (χ1v) is 12.6. The van der Waals surface area contributed by atoms with E-state index in [4.69, 9.17) is 16.6 Å². The van der Waals surface area contributed by atoms with E-state index in [0.29, 0.717) is 28.7 Å². The van der Waals surface area contributed by atoms with Gasteiger partial charge in [0.15, 0.2) is 5.11 Å². The van der Waals surface area contributed by atoms with Gasteiger partial charge in [-0.15, -0.1) is 0 Å². The number of carboxylic acid groups (broad SMARTS) is 1. The first-order valence-electron chi connectivity index (χ1n) is 12.2. The molecule has 0 aliphatic carbocycles. The number of anilines is 1. The van der Waals surface area contributed by atoms with E-state index in [-0.39, 0.29) is 30.0 Å². The Hall–Kier alpha value is -4.50. The lowest BCUT2D eigenvalue weighted by Gasteiger charge is -2.25. The maximum absolute atomic E-state index is 12.8. The number of aromatic nitrogens is 1. The van der Waals surface area contributed by atoms with Crippen LogP contribution in [0.25, 0.3) is 11.3 Å². The van der Waals surface area contributed by atoms with E-state index >= 15 is 0 Å². The molecule has 192 valence electrons. The Bertz CT molecular complexity index is 1490. The van der Waals surface area contributed by atoms with Crippen LogP contribution in [0, 0.1) is 6.92 Å². The number of aromatic carboxylic acids is 1. The molecule has 1 aliphatic rings. The zero-order chi connectivity index (χ0) is 26.6. The molecule has 38 heavy (non-hydrogen) atoms. The van der Waals surface area contributed by atoms with E-state index in [2.05, 4.69) is 15.6 Å². The van der Waals surface area contributed by atoms with Crippen molar-refractivity contribution in [2.45, 2.75) is 25.4 Å². The number of carbonyl (C=O) groups excluding carboxylic acids is 1.